The second-order valence-corrected chi connectivity index (χ2v) is 8.07. The zero-order valence-electron chi connectivity index (χ0n) is 16.2. The van der Waals surface area contributed by atoms with Gasteiger partial charge in [-0.1, -0.05) is 38.1 Å². The van der Waals surface area contributed by atoms with E-state index in [4.69, 9.17) is 16.6 Å². The molecule has 0 atom stereocenters. The Balaban J connectivity index is 1.79. The Labute approximate surface area is 164 Å². The van der Waals surface area contributed by atoms with Crippen LogP contribution >= 0.6 is 0 Å². The zero-order chi connectivity index (χ0) is 19.9. The van der Waals surface area contributed by atoms with Gasteiger partial charge in [0.15, 0.2) is 0 Å². The highest BCUT2D eigenvalue weighted by Gasteiger charge is 2.27. The van der Waals surface area contributed by atoms with Gasteiger partial charge in [-0.3, -0.25) is 14.4 Å². The molecule has 1 aliphatic rings. The van der Waals surface area contributed by atoms with Crippen molar-refractivity contribution in [2.24, 2.45) is 17.0 Å². The van der Waals surface area contributed by atoms with Crippen molar-refractivity contribution in [1.82, 2.24) is 9.55 Å². The summed E-state index contributed by atoms with van der Waals surface area (Å²) >= 11 is 0. The first-order chi connectivity index (χ1) is 13.4. The fourth-order valence-corrected chi connectivity index (χ4v) is 3.78. The molecule has 0 radical (unpaired) electrons. The Morgan fingerprint density at radius 3 is 2.68 bits per heavy atom. The fourth-order valence-electron chi connectivity index (χ4n) is 3.78. The minimum Gasteiger partial charge on any atom is -0.403 e. The normalized spacial score (nSPS) is 16.0. The van der Waals surface area contributed by atoms with Crippen LogP contribution in [0, 0.1) is 5.41 Å². The zero-order valence-corrected chi connectivity index (χ0v) is 16.2. The smallest absolute Gasteiger partial charge is 0.261 e. The number of hydrogen-bond acceptors (Lipinski definition) is 5. The Bertz CT molecular complexity index is 1110. The van der Waals surface area contributed by atoms with E-state index in [0.717, 1.165) is 29.9 Å². The maximum atomic E-state index is 13.0. The maximum absolute atomic E-state index is 13.0. The summed E-state index contributed by atoms with van der Waals surface area (Å²) in [4.78, 5) is 17.8. The molecular formula is C22H25N5O. The number of benzene rings is 2. The second-order valence-electron chi connectivity index (χ2n) is 8.07. The number of nitrogens with zero attached hydrogens (tertiary/aromatic N) is 3. The Morgan fingerprint density at radius 2 is 1.96 bits per heavy atom. The lowest BCUT2D eigenvalue weighted by Gasteiger charge is -2.32. The molecule has 6 heteroatoms. The van der Waals surface area contributed by atoms with Crippen LogP contribution in [-0.2, 0) is 13.0 Å². The molecule has 0 bridgehead atoms. The van der Waals surface area contributed by atoms with E-state index in [1.54, 1.807) is 0 Å². The molecule has 0 unspecified atom stereocenters. The van der Waals surface area contributed by atoms with E-state index in [0.29, 0.717) is 23.1 Å². The molecule has 0 aliphatic carbocycles. The van der Waals surface area contributed by atoms with Crippen LogP contribution in [-0.4, -0.2) is 9.55 Å². The number of para-hydroxylation sites is 1. The van der Waals surface area contributed by atoms with Crippen molar-refractivity contribution in [3.63, 3.8) is 0 Å². The van der Waals surface area contributed by atoms with Gasteiger partial charge in [-0.05, 0) is 36.1 Å². The summed E-state index contributed by atoms with van der Waals surface area (Å²) < 4.78 is 1.82. The largest absolute Gasteiger partial charge is 0.403 e. The van der Waals surface area contributed by atoms with Crippen LogP contribution in [0.2, 0.25) is 0 Å². The summed E-state index contributed by atoms with van der Waals surface area (Å²) in [5, 5.41) is 2.15. The van der Waals surface area contributed by atoms with E-state index < -0.39 is 0 Å². The summed E-state index contributed by atoms with van der Waals surface area (Å²) in [6.45, 7) is 5.07. The van der Waals surface area contributed by atoms with Gasteiger partial charge in [0, 0.05) is 24.7 Å². The minimum absolute atomic E-state index is 0.0188. The number of hydrogen-bond donors (Lipinski definition) is 2. The lowest BCUT2D eigenvalue weighted by molar-refractivity contribution is 0.240. The van der Waals surface area contributed by atoms with E-state index in [2.05, 4.69) is 13.8 Å². The van der Waals surface area contributed by atoms with Gasteiger partial charge in [0.2, 0.25) is 0 Å². The molecule has 1 aliphatic heterocycles. The standard InChI is InChI=1S/C22H25N5O/c1-22(2)11-10-20-25-18-12-15(8-9-17(18)21(28)26(20)14-22)19(13-23)27(24)16-6-4-3-5-7-16/h3-9,12-13H,10-11,14,23-24H2,1-2H3/b19-13-. The first-order valence-corrected chi connectivity index (χ1v) is 9.45. The van der Waals surface area contributed by atoms with Gasteiger partial charge in [-0.2, -0.15) is 0 Å². The van der Waals surface area contributed by atoms with Crippen LogP contribution in [0.5, 0.6) is 0 Å². The van der Waals surface area contributed by atoms with Crippen LogP contribution < -0.4 is 22.1 Å². The summed E-state index contributed by atoms with van der Waals surface area (Å²) in [6, 6.07) is 15.2. The maximum Gasteiger partial charge on any atom is 0.261 e. The molecule has 2 aromatic carbocycles. The summed E-state index contributed by atoms with van der Waals surface area (Å²) in [7, 11) is 0. The molecule has 0 saturated heterocycles. The minimum atomic E-state index is 0.0188. The average molecular weight is 375 g/mol. The summed E-state index contributed by atoms with van der Waals surface area (Å²) in [6.07, 6.45) is 3.29. The van der Waals surface area contributed by atoms with Crippen LogP contribution in [0.1, 0.15) is 31.7 Å². The van der Waals surface area contributed by atoms with Crippen molar-refractivity contribution in [3.8, 4) is 0 Å². The molecule has 3 aromatic rings. The van der Waals surface area contributed by atoms with E-state index in [-0.39, 0.29) is 11.0 Å². The lowest BCUT2D eigenvalue weighted by atomic mass is 9.85. The molecule has 144 valence electrons. The number of rotatable bonds is 3. The SMILES string of the molecule is CC1(C)CCc2nc3cc(/C(=C/N)N(N)c4ccccc4)ccc3c(=O)n2C1. The fraction of sp³-hybridized carbons (Fsp3) is 0.273. The number of fused-ring (bicyclic) bond motifs is 2. The number of aromatic nitrogens is 2. The third-order valence-corrected chi connectivity index (χ3v) is 5.39. The Kier molecular flexibility index (Phi) is 4.43. The quantitative estimate of drug-likeness (QED) is 0.542. The summed E-state index contributed by atoms with van der Waals surface area (Å²) in [5.74, 6) is 7.14. The van der Waals surface area contributed by atoms with Crippen LogP contribution in [0.15, 0.2) is 59.5 Å². The highest BCUT2D eigenvalue weighted by atomic mass is 16.1. The van der Waals surface area contributed by atoms with Gasteiger partial charge < -0.3 is 5.73 Å². The molecule has 0 spiro atoms. The van der Waals surface area contributed by atoms with Gasteiger partial charge >= 0.3 is 0 Å². The molecule has 0 saturated carbocycles. The third-order valence-electron chi connectivity index (χ3n) is 5.39. The predicted molar refractivity (Wildman–Crippen MR) is 113 cm³/mol. The van der Waals surface area contributed by atoms with Crippen molar-refractivity contribution in [2.45, 2.75) is 33.2 Å². The van der Waals surface area contributed by atoms with Gasteiger partial charge in [-0.25, -0.2) is 10.8 Å². The number of nitrogens with two attached hydrogens (primary N) is 2. The Morgan fingerprint density at radius 1 is 1.21 bits per heavy atom. The van der Waals surface area contributed by atoms with Gasteiger partial charge in [-0.15, -0.1) is 0 Å². The van der Waals surface area contributed by atoms with Crippen LogP contribution in [0.4, 0.5) is 5.69 Å². The monoisotopic (exact) mass is 375 g/mol. The lowest BCUT2D eigenvalue weighted by Crippen LogP contribution is -2.36. The van der Waals surface area contributed by atoms with E-state index in [1.165, 1.54) is 11.2 Å². The first-order valence-electron chi connectivity index (χ1n) is 9.45. The average Bonchev–Trinajstić information content (AvgIpc) is 2.69. The van der Waals surface area contributed by atoms with Crippen molar-refractivity contribution in [1.29, 1.82) is 0 Å². The summed E-state index contributed by atoms with van der Waals surface area (Å²) in [5.41, 5.74) is 8.97. The second kappa shape index (κ2) is 6.80. The molecule has 0 amide bonds. The molecule has 4 N–H and O–H groups in total. The number of aryl methyl sites for hydroxylation is 1. The molecule has 2 heterocycles. The molecule has 1 aromatic heterocycles. The van der Waals surface area contributed by atoms with E-state index in [1.807, 2.05) is 53.1 Å². The molecule has 28 heavy (non-hydrogen) atoms. The molecule has 0 fully saturated rings. The van der Waals surface area contributed by atoms with Crippen LogP contribution in [0.3, 0.4) is 0 Å². The van der Waals surface area contributed by atoms with Gasteiger partial charge in [0.05, 0.1) is 22.3 Å². The first kappa shape index (κ1) is 18.3. The number of anilines is 1. The van der Waals surface area contributed by atoms with Crippen LogP contribution in [0.25, 0.3) is 16.6 Å². The third kappa shape index (κ3) is 3.16. The van der Waals surface area contributed by atoms with Gasteiger partial charge in [0.1, 0.15) is 5.82 Å². The number of hydrazine groups is 1. The molecule has 4 rings (SSSR count). The highest BCUT2D eigenvalue weighted by molar-refractivity contribution is 5.86. The highest BCUT2D eigenvalue weighted by Crippen LogP contribution is 2.30. The Hall–Kier alpha value is -3.12. The molecule has 6 nitrogen and oxygen atoms in total. The van der Waals surface area contributed by atoms with E-state index in [9.17, 15) is 4.79 Å². The van der Waals surface area contributed by atoms with Crippen molar-refractivity contribution in [2.75, 3.05) is 5.01 Å². The van der Waals surface area contributed by atoms with Gasteiger partial charge in [0.25, 0.3) is 5.56 Å². The van der Waals surface area contributed by atoms with Crippen molar-refractivity contribution < 1.29 is 0 Å². The van der Waals surface area contributed by atoms with Crippen molar-refractivity contribution >= 4 is 22.3 Å². The predicted octanol–water partition coefficient (Wildman–Crippen LogP) is 3.01. The van der Waals surface area contributed by atoms with Crippen molar-refractivity contribution in [3.05, 3.63) is 76.5 Å². The van der Waals surface area contributed by atoms with E-state index >= 15 is 0 Å². The topological polar surface area (TPSA) is 90.2 Å². The molecular weight excluding hydrogens is 350 g/mol.